The molecule has 8 heteroatoms. The maximum Gasteiger partial charge on any atom is 0.323 e. The van der Waals surface area contributed by atoms with Crippen LogP contribution in [0.1, 0.15) is 11.1 Å². The van der Waals surface area contributed by atoms with Gasteiger partial charge in [0.25, 0.3) is 0 Å². The maximum absolute atomic E-state index is 14.1. The molecule has 0 saturated carbocycles. The Morgan fingerprint density at radius 2 is 1.38 bits per heavy atom. The van der Waals surface area contributed by atoms with Crippen molar-refractivity contribution in [1.82, 2.24) is 5.32 Å². The molecule has 2 amide bonds. The molecule has 2 heterocycles. The van der Waals surface area contributed by atoms with Gasteiger partial charge >= 0.3 is 5.97 Å². The second-order valence-electron chi connectivity index (χ2n) is 8.27. The highest BCUT2D eigenvalue weighted by Gasteiger charge is 2.68. The number of fused-ring (bicyclic) bond motifs is 1. The van der Waals surface area contributed by atoms with Crippen molar-refractivity contribution in [2.24, 2.45) is 11.8 Å². The third-order valence-corrected chi connectivity index (χ3v) is 7.24. The van der Waals surface area contributed by atoms with Crippen LogP contribution in [0.25, 0.3) is 0 Å². The summed E-state index contributed by atoms with van der Waals surface area (Å²) in [5, 5.41) is 3.68. The topological polar surface area (TPSA) is 75.7 Å². The van der Waals surface area contributed by atoms with E-state index >= 15 is 0 Å². The van der Waals surface area contributed by atoms with Crippen molar-refractivity contribution in [3.63, 3.8) is 0 Å². The molecule has 6 nitrogen and oxygen atoms in total. The molecule has 3 atom stereocenters. The van der Waals surface area contributed by atoms with Crippen LogP contribution >= 0.6 is 23.2 Å². The van der Waals surface area contributed by atoms with Crippen LogP contribution in [0.4, 0.5) is 5.69 Å². The first-order valence-corrected chi connectivity index (χ1v) is 11.5. The lowest BCUT2D eigenvalue weighted by Gasteiger charge is -2.36. The summed E-state index contributed by atoms with van der Waals surface area (Å²) in [6.45, 7) is 0. The fourth-order valence-electron chi connectivity index (χ4n) is 5.26. The average Bonchev–Trinajstić information content (AvgIpc) is 3.35. The number of para-hydroxylation sites is 1. The standard InChI is InChI=1S/C26H20Cl2N2O4/c1-34-25(33)21-19-20(24(32)30(23(19)31)22-17(27)13-8-14-18(22)28)26(29-21,15-9-4-2-5-10-15)16-11-6-3-7-12-16/h2-14,19-21,29H,1H3/t19-,20+,21-/m1/s1. The number of nitrogens with one attached hydrogen (secondary N) is 1. The molecule has 2 aliphatic heterocycles. The van der Waals surface area contributed by atoms with E-state index in [1.165, 1.54) is 7.11 Å². The first-order valence-electron chi connectivity index (χ1n) is 10.7. The van der Waals surface area contributed by atoms with Crippen molar-refractivity contribution in [3.8, 4) is 0 Å². The van der Waals surface area contributed by atoms with Crippen LogP contribution in [-0.4, -0.2) is 30.9 Å². The van der Waals surface area contributed by atoms with Crippen molar-refractivity contribution in [2.75, 3.05) is 12.0 Å². The molecule has 34 heavy (non-hydrogen) atoms. The quantitative estimate of drug-likeness (QED) is 0.434. The van der Waals surface area contributed by atoms with Gasteiger partial charge in [-0.2, -0.15) is 0 Å². The fraction of sp³-hybridized carbons (Fsp3) is 0.192. The molecule has 0 bridgehead atoms. The molecule has 0 spiro atoms. The van der Waals surface area contributed by atoms with E-state index in [4.69, 9.17) is 27.9 Å². The lowest BCUT2D eigenvalue weighted by Crippen LogP contribution is -2.52. The highest BCUT2D eigenvalue weighted by atomic mass is 35.5. The monoisotopic (exact) mass is 494 g/mol. The number of carbonyl (C=O) groups is 3. The average molecular weight is 495 g/mol. The fourth-order valence-corrected chi connectivity index (χ4v) is 5.82. The van der Waals surface area contributed by atoms with E-state index in [0.29, 0.717) is 0 Å². The number of esters is 1. The van der Waals surface area contributed by atoms with Crippen LogP contribution in [0.3, 0.4) is 0 Å². The lowest BCUT2D eigenvalue weighted by atomic mass is 9.72. The summed E-state index contributed by atoms with van der Waals surface area (Å²) < 4.78 is 5.04. The van der Waals surface area contributed by atoms with E-state index in [1.54, 1.807) is 18.2 Å². The predicted molar refractivity (Wildman–Crippen MR) is 129 cm³/mol. The number of hydrogen-bond donors (Lipinski definition) is 1. The second kappa shape index (κ2) is 8.55. The first kappa shape index (κ1) is 22.6. The minimum Gasteiger partial charge on any atom is -0.468 e. The summed E-state index contributed by atoms with van der Waals surface area (Å²) in [5.41, 5.74) is 0.446. The summed E-state index contributed by atoms with van der Waals surface area (Å²) in [7, 11) is 1.26. The van der Waals surface area contributed by atoms with Gasteiger partial charge in [-0.3, -0.25) is 19.7 Å². The molecule has 172 valence electrons. The Labute approximate surface area is 206 Å². The van der Waals surface area contributed by atoms with Gasteiger partial charge in [-0.25, -0.2) is 4.90 Å². The highest BCUT2D eigenvalue weighted by molar-refractivity contribution is 6.42. The van der Waals surface area contributed by atoms with Crippen molar-refractivity contribution in [2.45, 2.75) is 11.6 Å². The van der Waals surface area contributed by atoms with Crippen LogP contribution in [0, 0.1) is 11.8 Å². The molecule has 2 fully saturated rings. The number of benzene rings is 3. The number of ether oxygens (including phenoxy) is 1. The van der Waals surface area contributed by atoms with Crippen LogP contribution in [0.5, 0.6) is 0 Å². The normalized spacial score (nSPS) is 23.1. The number of hydrogen-bond acceptors (Lipinski definition) is 5. The number of carbonyl (C=O) groups excluding carboxylic acids is 3. The second-order valence-corrected chi connectivity index (χ2v) is 9.09. The number of imide groups is 1. The Kier molecular flexibility index (Phi) is 5.68. The first-order chi connectivity index (χ1) is 16.4. The zero-order valence-electron chi connectivity index (χ0n) is 18.1. The maximum atomic E-state index is 14.1. The Hall–Kier alpha value is -3.19. The van der Waals surface area contributed by atoms with E-state index in [1.807, 2.05) is 60.7 Å². The highest BCUT2D eigenvalue weighted by Crippen LogP contribution is 2.53. The molecular weight excluding hydrogens is 475 g/mol. The van der Waals surface area contributed by atoms with E-state index in [9.17, 15) is 14.4 Å². The third-order valence-electron chi connectivity index (χ3n) is 6.63. The summed E-state index contributed by atoms with van der Waals surface area (Å²) in [6, 6.07) is 22.3. The number of methoxy groups -OCH3 is 1. The number of amides is 2. The van der Waals surface area contributed by atoms with Crippen molar-refractivity contribution < 1.29 is 19.1 Å². The number of anilines is 1. The predicted octanol–water partition coefficient (Wildman–Crippen LogP) is 4.19. The van der Waals surface area contributed by atoms with Crippen molar-refractivity contribution in [1.29, 1.82) is 0 Å². The summed E-state index contributed by atoms with van der Waals surface area (Å²) in [6.07, 6.45) is 0. The summed E-state index contributed by atoms with van der Waals surface area (Å²) >= 11 is 12.8. The molecule has 1 N–H and O–H groups in total. The third kappa shape index (κ3) is 3.17. The minimum atomic E-state index is -1.17. The van der Waals surface area contributed by atoms with E-state index < -0.39 is 41.2 Å². The van der Waals surface area contributed by atoms with Gasteiger partial charge in [0.2, 0.25) is 11.8 Å². The molecule has 0 aliphatic carbocycles. The summed E-state index contributed by atoms with van der Waals surface area (Å²) in [5.74, 6) is -3.64. The molecule has 0 aromatic heterocycles. The van der Waals surface area contributed by atoms with E-state index in [0.717, 1.165) is 16.0 Å². The van der Waals surface area contributed by atoms with Gasteiger partial charge < -0.3 is 4.74 Å². The van der Waals surface area contributed by atoms with Gasteiger partial charge in [-0.15, -0.1) is 0 Å². The zero-order chi connectivity index (χ0) is 24.0. The van der Waals surface area contributed by atoms with Gasteiger partial charge in [0.1, 0.15) is 6.04 Å². The molecule has 3 aromatic rings. The Morgan fingerprint density at radius 3 is 1.88 bits per heavy atom. The Bertz CT molecular complexity index is 1220. The zero-order valence-corrected chi connectivity index (χ0v) is 19.6. The van der Waals surface area contributed by atoms with Crippen LogP contribution in [-0.2, 0) is 24.7 Å². The van der Waals surface area contributed by atoms with Gasteiger partial charge in [-0.05, 0) is 23.3 Å². The van der Waals surface area contributed by atoms with E-state index in [-0.39, 0.29) is 15.7 Å². The van der Waals surface area contributed by atoms with Gasteiger partial charge in [0, 0.05) is 0 Å². The van der Waals surface area contributed by atoms with Crippen molar-refractivity contribution in [3.05, 3.63) is 100 Å². The molecule has 5 rings (SSSR count). The number of halogens is 2. The molecule has 0 radical (unpaired) electrons. The summed E-state index contributed by atoms with van der Waals surface area (Å²) in [4.78, 5) is 41.9. The SMILES string of the molecule is COC(=O)[C@@H]1NC(c2ccccc2)(c2ccccc2)[C@@H]2C(=O)N(c3c(Cl)cccc3Cl)C(=O)[C@H]21. The number of rotatable bonds is 4. The Balaban J connectivity index is 1.78. The van der Waals surface area contributed by atoms with Crippen molar-refractivity contribution >= 4 is 46.7 Å². The van der Waals surface area contributed by atoms with E-state index in [2.05, 4.69) is 5.32 Å². The van der Waals surface area contributed by atoms with Crippen LogP contribution < -0.4 is 10.2 Å². The Morgan fingerprint density at radius 1 is 0.853 bits per heavy atom. The number of nitrogens with zero attached hydrogens (tertiary/aromatic N) is 1. The smallest absolute Gasteiger partial charge is 0.323 e. The molecular formula is C26H20Cl2N2O4. The minimum absolute atomic E-state index is 0.119. The molecule has 3 aromatic carbocycles. The van der Waals surface area contributed by atoms with Gasteiger partial charge in [0.15, 0.2) is 0 Å². The largest absolute Gasteiger partial charge is 0.468 e. The van der Waals surface area contributed by atoms with Gasteiger partial charge in [0.05, 0.1) is 40.2 Å². The lowest BCUT2D eigenvalue weighted by molar-refractivity contribution is -0.145. The van der Waals surface area contributed by atoms with Crippen LogP contribution in [0.2, 0.25) is 10.0 Å². The van der Waals surface area contributed by atoms with Crippen LogP contribution in [0.15, 0.2) is 78.9 Å². The van der Waals surface area contributed by atoms with Gasteiger partial charge in [-0.1, -0.05) is 89.9 Å². The molecule has 2 aliphatic rings. The molecule has 0 unspecified atom stereocenters. The molecule has 2 saturated heterocycles.